The summed E-state index contributed by atoms with van der Waals surface area (Å²) in [6.45, 7) is 0.917. The Hall–Kier alpha value is -3.71. The first kappa shape index (κ1) is 25.4. The van der Waals surface area contributed by atoms with E-state index in [4.69, 9.17) is 9.47 Å². The summed E-state index contributed by atoms with van der Waals surface area (Å²) in [5.74, 6) is -1.95. The van der Waals surface area contributed by atoms with Gasteiger partial charge in [-0.2, -0.15) is 5.10 Å². The number of hydrazone groups is 1. The van der Waals surface area contributed by atoms with Crippen LogP contribution in [-0.2, 0) is 29.0 Å². The summed E-state index contributed by atoms with van der Waals surface area (Å²) in [5, 5.41) is 4.41. The first-order valence-corrected chi connectivity index (χ1v) is 12.9. The summed E-state index contributed by atoms with van der Waals surface area (Å²) in [5.41, 5.74) is 2.83. The highest BCUT2D eigenvalue weighted by molar-refractivity contribution is 9.10. The molecule has 0 aliphatic carbocycles. The van der Waals surface area contributed by atoms with Gasteiger partial charge in [-0.25, -0.2) is 13.2 Å². The van der Waals surface area contributed by atoms with Crippen LogP contribution in [0.4, 0.5) is 5.69 Å². The summed E-state index contributed by atoms with van der Waals surface area (Å²) < 4.78 is 37.9. The Morgan fingerprint density at radius 3 is 2.42 bits per heavy atom. The highest BCUT2D eigenvalue weighted by Gasteiger charge is 2.62. The number of carbonyl (C=O) groups excluding carboxylic acids is 3. The van der Waals surface area contributed by atoms with Crippen molar-refractivity contribution in [3.63, 3.8) is 0 Å². The number of nitrogens with one attached hydrogen (secondary N) is 2. The van der Waals surface area contributed by atoms with Gasteiger partial charge in [0.25, 0.3) is 11.8 Å². The number of nitrogens with zero attached hydrogens (tertiary/aromatic N) is 2. The molecule has 11 nitrogen and oxygen atoms in total. The molecule has 0 spiro atoms. The van der Waals surface area contributed by atoms with E-state index in [1.54, 1.807) is 54.6 Å². The summed E-state index contributed by atoms with van der Waals surface area (Å²) in [4.78, 5) is 38.7. The van der Waals surface area contributed by atoms with E-state index in [-0.39, 0.29) is 11.3 Å². The molecule has 1 saturated heterocycles. The molecule has 36 heavy (non-hydrogen) atoms. The van der Waals surface area contributed by atoms with Crippen LogP contribution in [0.25, 0.3) is 0 Å². The lowest BCUT2D eigenvalue weighted by Crippen LogP contribution is -2.75. The third-order valence-electron chi connectivity index (χ3n) is 5.49. The Bertz CT molecular complexity index is 1370. The lowest BCUT2D eigenvalue weighted by molar-refractivity contribution is -0.152. The lowest BCUT2D eigenvalue weighted by atomic mass is 10.0. The van der Waals surface area contributed by atoms with E-state index in [0.29, 0.717) is 11.4 Å². The molecule has 2 aliphatic heterocycles. The first-order valence-electron chi connectivity index (χ1n) is 10.6. The molecule has 2 aromatic carbocycles. The lowest BCUT2D eigenvalue weighted by Gasteiger charge is -2.48. The number of methoxy groups -OCH3 is 1. The third kappa shape index (κ3) is 4.71. The number of benzene rings is 2. The quantitative estimate of drug-likeness (QED) is 0.288. The number of halogens is 1. The second kappa shape index (κ2) is 10.1. The number of esters is 1. The fraction of sp³-hybridized carbons (Fsp3) is 0.217. The van der Waals surface area contributed by atoms with Crippen LogP contribution >= 0.6 is 15.9 Å². The standard InChI is InChI=1S/C23H21BrN4O7S/c1-13-19(23(31)34-2)28-21(30)18(25-17(29)12-35-16-6-4-3-5-7-16)22(28)36(32,33)20(13)27-26-15-10-8-14(24)9-11-15/h3-11,18,22,26H,12H2,1-2H3,(H,25,29)/b27-20-/t18-,22-/m1/s1. The second-order valence-electron chi connectivity index (χ2n) is 7.79. The van der Waals surface area contributed by atoms with Crippen LogP contribution in [0.15, 0.2) is 75.4 Å². The highest BCUT2D eigenvalue weighted by Crippen LogP contribution is 2.38. The number of hydrogen-bond acceptors (Lipinski definition) is 9. The predicted molar refractivity (Wildman–Crippen MR) is 133 cm³/mol. The number of hydrogen-bond donors (Lipinski definition) is 2. The molecule has 0 aromatic heterocycles. The van der Waals surface area contributed by atoms with Gasteiger partial charge in [-0.15, -0.1) is 0 Å². The fourth-order valence-electron chi connectivity index (χ4n) is 3.78. The molecule has 0 bridgehead atoms. The minimum Gasteiger partial charge on any atom is -0.484 e. The minimum atomic E-state index is -4.30. The van der Waals surface area contributed by atoms with Gasteiger partial charge < -0.3 is 14.8 Å². The van der Waals surface area contributed by atoms with E-state index in [1.807, 2.05) is 0 Å². The van der Waals surface area contributed by atoms with Crippen LogP contribution in [0.5, 0.6) is 5.75 Å². The Morgan fingerprint density at radius 1 is 1.11 bits per heavy atom. The number of fused-ring (bicyclic) bond motifs is 1. The summed E-state index contributed by atoms with van der Waals surface area (Å²) in [6.07, 6.45) is 0. The minimum absolute atomic E-state index is 0.0618. The third-order valence-corrected chi connectivity index (χ3v) is 8.07. The molecule has 2 aliphatic rings. The van der Waals surface area contributed by atoms with Crippen molar-refractivity contribution in [2.45, 2.75) is 18.3 Å². The molecule has 4 rings (SSSR count). The number of para-hydroxylation sites is 1. The molecule has 188 valence electrons. The molecule has 0 radical (unpaired) electrons. The summed E-state index contributed by atoms with van der Waals surface area (Å²) in [7, 11) is -3.19. The molecule has 2 N–H and O–H groups in total. The topological polar surface area (TPSA) is 143 Å². The normalized spacial score (nSPS) is 21.4. The maximum Gasteiger partial charge on any atom is 0.355 e. The van der Waals surface area contributed by atoms with Crippen molar-refractivity contribution >= 4 is 54.3 Å². The van der Waals surface area contributed by atoms with Crippen molar-refractivity contribution < 1.29 is 32.3 Å². The van der Waals surface area contributed by atoms with E-state index in [0.717, 1.165) is 16.5 Å². The van der Waals surface area contributed by atoms with E-state index >= 15 is 0 Å². The molecular formula is C23H21BrN4O7S. The predicted octanol–water partition coefficient (Wildman–Crippen LogP) is 1.78. The molecule has 13 heteroatoms. The zero-order valence-electron chi connectivity index (χ0n) is 19.1. The molecule has 2 aromatic rings. The largest absolute Gasteiger partial charge is 0.484 e. The average Bonchev–Trinajstić information content (AvgIpc) is 2.86. The van der Waals surface area contributed by atoms with Crippen LogP contribution in [-0.4, -0.2) is 61.3 Å². The van der Waals surface area contributed by atoms with Crippen LogP contribution in [0.3, 0.4) is 0 Å². The molecule has 2 atom stereocenters. The van der Waals surface area contributed by atoms with Gasteiger partial charge >= 0.3 is 5.97 Å². The maximum absolute atomic E-state index is 13.5. The molecule has 0 saturated carbocycles. The number of β-lactam (4-membered cyclic amide) rings is 1. The Morgan fingerprint density at radius 2 is 1.78 bits per heavy atom. The van der Waals surface area contributed by atoms with Crippen molar-refractivity contribution in [3.05, 3.63) is 70.3 Å². The fourth-order valence-corrected chi connectivity index (χ4v) is 6.00. The number of amides is 2. The van der Waals surface area contributed by atoms with E-state index < -0.39 is 50.7 Å². The summed E-state index contributed by atoms with van der Waals surface area (Å²) >= 11 is 3.31. The summed E-state index contributed by atoms with van der Waals surface area (Å²) in [6, 6.07) is 13.9. The Labute approximate surface area is 215 Å². The zero-order valence-corrected chi connectivity index (χ0v) is 21.5. The maximum atomic E-state index is 13.5. The molecular weight excluding hydrogens is 556 g/mol. The number of sulfone groups is 1. The zero-order chi connectivity index (χ0) is 26.0. The molecule has 2 amide bonds. The molecule has 0 unspecified atom stereocenters. The van der Waals surface area contributed by atoms with Crippen LogP contribution < -0.4 is 15.5 Å². The van der Waals surface area contributed by atoms with Crippen molar-refractivity contribution in [2.75, 3.05) is 19.1 Å². The Balaban J connectivity index is 1.62. The van der Waals surface area contributed by atoms with Crippen LogP contribution in [0.2, 0.25) is 0 Å². The molecule has 2 heterocycles. The van der Waals surface area contributed by atoms with Gasteiger partial charge in [0.1, 0.15) is 17.5 Å². The Kier molecular flexibility index (Phi) is 7.13. The van der Waals surface area contributed by atoms with E-state index in [1.165, 1.54) is 6.92 Å². The highest BCUT2D eigenvalue weighted by atomic mass is 79.9. The smallest absolute Gasteiger partial charge is 0.355 e. The van der Waals surface area contributed by atoms with Crippen LogP contribution in [0, 0.1) is 0 Å². The van der Waals surface area contributed by atoms with Crippen molar-refractivity contribution in [1.29, 1.82) is 0 Å². The van der Waals surface area contributed by atoms with Crippen molar-refractivity contribution in [3.8, 4) is 5.75 Å². The monoisotopic (exact) mass is 576 g/mol. The molecule has 1 fully saturated rings. The van der Waals surface area contributed by atoms with Crippen molar-refractivity contribution in [2.24, 2.45) is 5.10 Å². The van der Waals surface area contributed by atoms with E-state index in [2.05, 4.69) is 31.8 Å². The van der Waals surface area contributed by atoms with Crippen LogP contribution in [0.1, 0.15) is 6.92 Å². The SMILES string of the molecule is COC(=O)C1=C(C)/C(=N/Nc2ccc(Br)cc2)S(=O)(=O)[C@@H]2[C@H](NC(=O)COc3ccccc3)C(=O)N12. The van der Waals surface area contributed by atoms with Gasteiger partial charge in [0.15, 0.2) is 17.0 Å². The van der Waals surface area contributed by atoms with Gasteiger partial charge in [-0.3, -0.25) is 19.9 Å². The van der Waals surface area contributed by atoms with Gasteiger partial charge in [0.2, 0.25) is 9.84 Å². The van der Waals surface area contributed by atoms with Gasteiger partial charge in [-0.1, -0.05) is 34.1 Å². The first-order chi connectivity index (χ1) is 17.1. The van der Waals surface area contributed by atoms with Gasteiger partial charge in [0, 0.05) is 10.0 Å². The number of ether oxygens (including phenoxy) is 2. The number of carbonyl (C=O) groups is 3. The second-order valence-corrected chi connectivity index (χ2v) is 10.7. The van der Waals surface area contributed by atoms with Crippen molar-refractivity contribution in [1.82, 2.24) is 10.2 Å². The number of rotatable bonds is 7. The van der Waals surface area contributed by atoms with Gasteiger partial charge in [0.05, 0.1) is 12.8 Å². The average molecular weight is 577 g/mol. The van der Waals surface area contributed by atoms with Gasteiger partial charge in [-0.05, 0) is 43.3 Å². The number of anilines is 1. The van der Waals surface area contributed by atoms with E-state index in [9.17, 15) is 22.8 Å².